The summed E-state index contributed by atoms with van der Waals surface area (Å²) in [5.41, 5.74) is 2.90. The van der Waals surface area contributed by atoms with Crippen LogP contribution in [0.3, 0.4) is 0 Å². The molecule has 1 aromatic heterocycles. The number of pyridine rings is 1. The summed E-state index contributed by atoms with van der Waals surface area (Å²) in [5, 5.41) is 0.952. The van der Waals surface area contributed by atoms with Gasteiger partial charge >= 0.3 is 0 Å². The maximum absolute atomic E-state index is 13.6. The van der Waals surface area contributed by atoms with Crippen LogP contribution in [-0.2, 0) is 16.3 Å². The molecule has 0 unspecified atom stereocenters. The van der Waals surface area contributed by atoms with Crippen LogP contribution in [-0.4, -0.2) is 41.6 Å². The van der Waals surface area contributed by atoms with Gasteiger partial charge in [0.2, 0.25) is 15.4 Å². The average Bonchev–Trinajstić information content (AvgIpc) is 2.73. The van der Waals surface area contributed by atoms with Gasteiger partial charge in [-0.1, -0.05) is 31.2 Å². The van der Waals surface area contributed by atoms with E-state index in [2.05, 4.69) is 23.9 Å². The number of likely N-dealkylation sites (N-methyl/N-ethyl adjacent to an activating group) is 1. The van der Waals surface area contributed by atoms with Crippen LogP contribution in [0, 0.1) is 0 Å². The van der Waals surface area contributed by atoms with Crippen molar-refractivity contribution in [1.82, 2.24) is 0 Å². The number of piperazine rings is 1. The van der Waals surface area contributed by atoms with Crippen molar-refractivity contribution in [1.29, 1.82) is 0 Å². The van der Waals surface area contributed by atoms with E-state index in [9.17, 15) is 8.42 Å². The van der Waals surface area contributed by atoms with Crippen LogP contribution in [0.4, 0.5) is 5.69 Å². The lowest BCUT2D eigenvalue weighted by Crippen LogP contribution is -3.12. The second-order valence-electron chi connectivity index (χ2n) is 7.49. The molecule has 3 aromatic rings. The topological polar surface area (TPSA) is 56.0 Å². The molecule has 2 N–H and O–H groups in total. The van der Waals surface area contributed by atoms with Crippen molar-refractivity contribution < 1.29 is 18.3 Å². The molecule has 146 valence electrons. The molecular formula is C22H27N3O2S+2. The number of hydrogen-bond acceptors (Lipinski definition) is 3. The molecule has 1 aliphatic rings. The van der Waals surface area contributed by atoms with E-state index >= 15 is 0 Å². The minimum absolute atomic E-state index is 0.342. The summed E-state index contributed by atoms with van der Waals surface area (Å²) >= 11 is 0. The second-order valence-corrected chi connectivity index (χ2v) is 9.41. The van der Waals surface area contributed by atoms with Crippen molar-refractivity contribution in [3.05, 3.63) is 60.3 Å². The van der Waals surface area contributed by atoms with Crippen LogP contribution in [0.25, 0.3) is 10.9 Å². The molecule has 6 heteroatoms. The van der Waals surface area contributed by atoms with Gasteiger partial charge in [-0.15, -0.1) is 0 Å². The Morgan fingerprint density at radius 1 is 1.04 bits per heavy atom. The minimum atomic E-state index is -3.63. The number of hydrogen-bond donors (Lipinski definition) is 1. The normalized spacial score (nSPS) is 15.9. The van der Waals surface area contributed by atoms with Crippen molar-refractivity contribution in [2.24, 2.45) is 0 Å². The Labute approximate surface area is 166 Å². The van der Waals surface area contributed by atoms with Gasteiger partial charge in [-0.2, -0.15) is 0 Å². The van der Waals surface area contributed by atoms with Crippen LogP contribution in [0.1, 0.15) is 12.5 Å². The molecule has 0 bridgehead atoms. The number of sulfone groups is 1. The first-order chi connectivity index (χ1) is 13.5. The Morgan fingerprint density at radius 2 is 1.71 bits per heavy atom. The number of rotatable bonds is 4. The van der Waals surface area contributed by atoms with E-state index in [0.717, 1.165) is 54.8 Å². The number of nitrogens with zero attached hydrogens (tertiary/aromatic N) is 1. The van der Waals surface area contributed by atoms with Gasteiger partial charge in [-0.05, 0) is 30.2 Å². The summed E-state index contributed by atoms with van der Waals surface area (Å²) in [4.78, 5) is 7.60. The number of anilines is 1. The first-order valence-corrected chi connectivity index (χ1v) is 11.3. The van der Waals surface area contributed by atoms with E-state index in [1.807, 2.05) is 36.4 Å². The third-order valence-electron chi connectivity index (χ3n) is 5.64. The van der Waals surface area contributed by atoms with E-state index in [4.69, 9.17) is 0 Å². The van der Waals surface area contributed by atoms with Gasteiger partial charge < -0.3 is 9.80 Å². The molecule has 1 fully saturated rings. The maximum Gasteiger partial charge on any atom is 0.214 e. The molecule has 1 aliphatic heterocycles. The minimum Gasteiger partial charge on any atom is -0.358 e. The first-order valence-electron chi connectivity index (χ1n) is 9.84. The first kappa shape index (κ1) is 18.9. The van der Waals surface area contributed by atoms with Crippen molar-refractivity contribution in [3.8, 4) is 0 Å². The largest absolute Gasteiger partial charge is 0.358 e. The lowest BCUT2D eigenvalue weighted by atomic mass is 10.1. The number of aromatic nitrogens is 1. The third-order valence-corrected chi connectivity index (χ3v) is 7.42. The lowest BCUT2D eigenvalue weighted by molar-refractivity contribution is -0.880. The molecule has 1 saturated heterocycles. The quantitative estimate of drug-likeness (QED) is 0.724. The van der Waals surface area contributed by atoms with E-state index in [1.54, 1.807) is 18.3 Å². The Morgan fingerprint density at radius 3 is 2.39 bits per heavy atom. The number of para-hydroxylation sites is 1. The lowest BCUT2D eigenvalue weighted by Gasteiger charge is -2.32. The Hall–Kier alpha value is -2.44. The van der Waals surface area contributed by atoms with Gasteiger partial charge in [0, 0.05) is 6.07 Å². The molecule has 28 heavy (non-hydrogen) atoms. The number of aryl methyl sites for hydroxylation is 1. The second kappa shape index (κ2) is 7.53. The predicted octanol–water partition coefficient (Wildman–Crippen LogP) is 1.38. The van der Waals surface area contributed by atoms with Gasteiger partial charge in [0.1, 0.15) is 0 Å². The van der Waals surface area contributed by atoms with Crippen LogP contribution in [0.15, 0.2) is 64.5 Å². The zero-order chi connectivity index (χ0) is 19.7. The van der Waals surface area contributed by atoms with E-state index in [1.165, 1.54) is 4.90 Å². The fraction of sp³-hybridized carbons (Fsp3) is 0.318. The highest BCUT2D eigenvalue weighted by Crippen LogP contribution is 2.34. The van der Waals surface area contributed by atoms with Crippen LogP contribution in [0.2, 0.25) is 0 Å². The fourth-order valence-electron chi connectivity index (χ4n) is 3.83. The smallest absolute Gasteiger partial charge is 0.214 e. The van der Waals surface area contributed by atoms with Gasteiger partial charge in [0.15, 0.2) is 11.1 Å². The number of aromatic amines is 1. The summed E-state index contributed by atoms with van der Waals surface area (Å²) in [5.74, 6) is 0. The van der Waals surface area contributed by atoms with Crippen molar-refractivity contribution in [2.45, 2.75) is 23.1 Å². The molecule has 0 amide bonds. The molecule has 2 heterocycles. The van der Waals surface area contributed by atoms with Crippen LogP contribution >= 0.6 is 0 Å². The summed E-state index contributed by atoms with van der Waals surface area (Å²) in [6.07, 6.45) is 2.55. The fourth-order valence-corrected chi connectivity index (χ4v) is 5.29. The molecule has 0 spiro atoms. The number of H-pyrrole nitrogens is 1. The SMILES string of the molecule is CCc1ccc(S(=O)(=O)c2c[nH+]c3ccccc3c2N2CC[NH+](C)CC2)cc1. The summed E-state index contributed by atoms with van der Waals surface area (Å²) < 4.78 is 27.1. The number of nitrogens with one attached hydrogen (secondary N) is 2. The number of benzene rings is 2. The summed E-state index contributed by atoms with van der Waals surface area (Å²) in [6.45, 7) is 5.75. The van der Waals surface area contributed by atoms with Gasteiger partial charge in [0.05, 0.1) is 49.2 Å². The van der Waals surface area contributed by atoms with Crippen molar-refractivity contribution in [2.75, 3.05) is 38.1 Å². The van der Waals surface area contributed by atoms with Gasteiger partial charge in [0.25, 0.3) is 0 Å². The van der Waals surface area contributed by atoms with Crippen LogP contribution < -0.4 is 14.8 Å². The summed E-state index contributed by atoms with van der Waals surface area (Å²) in [6, 6.07) is 15.2. The average molecular weight is 398 g/mol. The van der Waals surface area contributed by atoms with Crippen molar-refractivity contribution in [3.63, 3.8) is 0 Å². The van der Waals surface area contributed by atoms with Crippen LogP contribution in [0.5, 0.6) is 0 Å². The van der Waals surface area contributed by atoms with Gasteiger partial charge in [-0.25, -0.2) is 13.4 Å². The number of quaternary nitrogens is 1. The Balaban J connectivity index is 1.89. The monoisotopic (exact) mass is 397 g/mol. The standard InChI is InChI=1S/C22H25N3O2S/c1-3-17-8-10-18(11-9-17)28(26,27)21-16-23-20-7-5-4-6-19(20)22(21)25-14-12-24(2)13-15-25/h4-11,16H,3,12-15H2,1-2H3/p+2. The van der Waals surface area contributed by atoms with E-state index in [-0.39, 0.29) is 0 Å². The molecule has 2 aromatic carbocycles. The molecule has 0 radical (unpaired) electrons. The maximum atomic E-state index is 13.6. The highest BCUT2D eigenvalue weighted by molar-refractivity contribution is 7.91. The molecule has 0 aliphatic carbocycles. The predicted molar refractivity (Wildman–Crippen MR) is 111 cm³/mol. The summed E-state index contributed by atoms with van der Waals surface area (Å²) in [7, 11) is -1.45. The highest BCUT2D eigenvalue weighted by atomic mass is 32.2. The molecule has 4 rings (SSSR count). The Kier molecular flexibility index (Phi) is 5.08. The van der Waals surface area contributed by atoms with E-state index < -0.39 is 9.84 Å². The molecule has 0 saturated carbocycles. The third kappa shape index (κ3) is 3.38. The number of fused-ring (bicyclic) bond motifs is 1. The van der Waals surface area contributed by atoms with E-state index in [0.29, 0.717) is 9.79 Å². The van der Waals surface area contributed by atoms with Gasteiger partial charge in [-0.3, -0.25) is 0 Å². The zero-order valence-corrected chi connectivity index (χ0v) is 17.2. The molecule has 0 atom stereocenters. The zero-order valence-electron chi connectivity index (χ0n) is 16.4. The van der Waals surface area contributed by atoms with Crippen molar-refractivity contribution >= 4 is 26.4 Å². The molecule has 5 nitrogen and oxygen atoms in total. The molecular weight excluding hydrogens is 370 g/mol. The Bertz CT molecular complexity index is 1090. The highest BCUT2D eigenvalue weighted by Gasteiger charge is 2.31.